The maximum atomic E-state index is 5.37. The van der Waals surface area contributed by atoms with Crippen molar-refractivity contribution in [2.75, 3.05) is 14.2 Å². The van der Waals surface area contributed by atoms with Gasteiger partial charge in [0.05, 0.1) is 32.2 Å². The number of hydrogen-bond donors (Lipinski definition) is 0. The molecule has 0 aliphatic rings. The highest BCUT2D eigenvalue weighted by molar-refractivity contribution is 5.46. The van der Waals surface area contributed by atoms with Gasteiger partial charge in [0.25, 0.3) is 0 Å². The van der Waals surface area contributed by atoms with Gasteiger partial charge in [-0.2, -0.15) is 0 Å². The van der Waals surface area contributed by atoms with Crippen molar-refractivity contribution in [2.45, 2.75) is 12.8 Å². The zero-order valence-electron chi connectivity index (χ0n) is 8.57. The summed E-state index contributed by atoms with van der Waals surface area (Å²) < 4.78 is 10.3. The second-order valence-corrected chi connectivity index (χ2v) is 2.85. The molecule has 0 bridgehead atoms. The maximum Gasteiger partial charge on any atom is 0.145 e. The normalized spacial score (nSPS) is 11.6. The first-order chi connectivity index (χ1) is 6.74. The first kappa shape index (κ1) is 10.4. The van der Waals surface area contributed by atoms with E-state index in [4.69, 9.17) is 15.9 Å². The van der Waals surface area contributed by atoms with E-state index in [0.717, 1.165) is 5.56 Å². The molecule has 74 valence electrons. The lowest BCUT2D eigenvalue weighted by Gasteiger charge is -2.14. The molecule has 0 spiro atoms. The van der Waals surface area contributed by atoms with Gasteiger partial charge in [0.2, 0.25) is 0 Å². The molecule has 0 radical (unpaired) electrons. The van der Waals surface area contributed by atoms with Crippen LogP contribution in [-0.2, 0) is 0 Å². The minimum absolute atomic E-state index is 0.0529. The highest BCUT2D eigenvalue weighted by Crippen LogP contribution is 2.33. The molecule has 1 unspecified atom stereocenters. The fraction of sp³-hybridized carbons (Fsp3) is 0.364. The molecule has 0 aliphatic carbocycles. The van der Waals surface area contributed by atoms with Crippen molar-refractivity contribution in [3.05, 3.63) is 18.0 Å². The van der Waals surface area contributed by atoms with Crippen LogP contribution in [0.1, 0.15) is 18.4 Å². The van der Waals surface area contributed by atoms with Gasteiger partial charge in [-0.15, -0.1) is 6.42 Å². The second-order valence-electron chi connectivity index (χ2n) is 2.85. The van der Waals surface area contributed by atoms with E-state index in [1.165, 1.54) is 0 Å². The standard InChI is InChI=1S/C11H13NO2/c1-5-8(2)11-9(13-3)6-12-7-10(11)14-4/h1,6-8H,2-4H3. The van der Waals surface area contributed by atoms with E-state index in [0.29, 0.717) is 11.5 Å². The number of rotatable bonds is 3. The average molecular weight is 191 g/mol. The topological polar surface area (TPSA) is 31.4 Å². The number of pyridine rings is 1. The summed E-state index contributed by atoms with van der Waals surface area (Å²) in [6.07, 6.45) is 8.63. The van der Waals surface area contributed by atoms with Crippen molar-refractivity contribution in [3.63, 3.8) is 0 Å². The lowest BCUT2D eigenvalue weighted by atomic mass is 10.0. The number of nitrogens with zero attached hydrogens (tertiary/aromatic N) is 1. The third-order valence-electron chi connectivity index (χ3n) is 2.04. The summed E-state index contributed by atoms with van der Waals surface area (Å²) in [6.45, 7) is 1.92. The summed E-state index contributed by atoms with van der Waals surface area (Å²) in [5.74, 6) is 3.91. The Bertz CT molecular complexity index is 333. The van der Waals surface area contributed by atoms with E-state index >= 15 is 0 Å². The summed E-state index contributed by atoms with van der Waals surface area (Å²) in [6, 6.07) is 0. The summed E-state index contributed by atoms with van der Waals surface area (Å²) in [7, 11) is 3.17. The van der Waals surface area contributed by atoms with Gasteiger partial charge in [-0.1, -0.05) is 5.92 Å². The predicted molar refractivity (Wildman–Crippen MR) is 54.6 cm³/mol. The van der Waals surface area contributed by atoms with Gasteiger partial charge in [-0.3, -0.25) is 4.98 Å². The number of ether oxygens (including phenoxy) is 2. The van der Waals surface area contributed by atoms with Crippen molar-refractivity contribution in [2.24, 2.45) is 0 Å². The van der Waals surface area contributed by atoms with Crippen LogP contribution >= 0.6 is 0 Å². The van der Waals surface area contributed by atoms with Crippen LogP contribution in [-0.4, -0.2) is 19.2 Å². The molecule has 1 atom stereocenters. The van der Waals surface area contributed by atoms with Crippen LogP contribution in [0, 0.1) is 12.3 Å². The van der Waals surface area contributed by atoms with Gasteiger partial charge in [-0.05, 0) is 6.92 Å². The van der Waals surface area contributed by atoms with Crippen molar-refractivity contribution in [1.29, 1.82) is 0 Å². The van der Waals surface area contributed by atoms with E-state index in [-0.39, 0.29) is 5.92 Å². The lowest BCUT2D eigenvalue weighted by Crippen LogP contribution is -2.00. The summed E-state index contributed by atoms with van der Waals surface area (Å²) >= 11 is 0. The van der Waals surface area contributed by atoms with Crippen molar-refractivity contribution < 1.29 is 9.47 Å². The van der Waals surface area contributed by atoms with Crippen LogP contribution in [0.2, 0.25) is 0 Å². The second kappa shape index (κ2) is 4.52. The Morgan fingerprint density at radius 2 is 1.79 bits per heavy atom. The summed E-state index contributed by atoms with van der Waals surface area (Å²) in [4.78, 5) is 3.99. The predicted octanol–water partition coefficient (Wildman–Crippen LogP) is 1.84. The molecule has 0 saturated carbocycles. The Balaban J connectivity index is 3.27. The monoisotopic (exact) mass is 191 g/mol. The van der Waals surface area contributed by atoms with Crippen LogP contribution in [0.4, 0.5) is 0 Å². The average Bonchev–Trinajstić information content (AvgIpc) is 2.26. The Kier molecular flexibility index (Phi) is 3.35. The van der Waals surface area contributed by atoms with E-state index in [2.05, 4.69) is 10.9 Å². The fourth-order valence-electron chi connectivity index (χ4n) is 1.27. The van der Waals surface area contributed by atoms with E-state index in [1.54, 1.807) is 26.6 Å². The molecule has 1 rings (SSSR count). The Labute approximate surface area is 84.1 Å². The molecule has 0 fully saturated rings. The van der Waals surface area contributed by atoms with Crippen LogP contribution in [0.3, 0.4) is 0 Å². The Morgan fingerprint density at radius 1 is 1.29 bits per heavy atom. The molecule has 1 heterocycles. The zero-order valence-corrected chi connectivity index (χ0v) is 8.57. The minimum Gasteiger partial charge on any atom is -0.495 e. The molecule has 0 aliphatic heterocycles. The van der Waals surface area contributed by atoms with Crippen LogP contribution in [0.25, 0.3) is 0 Å². The van der Waals surface area contributed by atoms with E-state index < -0.39 is 0 Å². The molecular weight excluding hydrogens is 178 g/mol. The third-order valence-corrected chi connectivity index (χ3v) is 2.04. The van der Waals surface area contributed by atoms with Crippen molar-refractivity contribution >= 4 is 0 Å². The Hall–Kier alpha value is -1.69. The molecule has 0 aromatic carbocycles. The maximum absolute atomic E-state index is 5.37. The highest BCUT2D eigenvalue weighted by atomic mass is 16.5. The molecular formula is C11H13NO2. The largest absolute Gasteiger partial charge is 0.495 e. The number of aromatic nitrogens is 1. The summed E-state index contributed by atoms with van der Waals surface area (Å²) in [5.41, 5.74) is 0.868. The molecule has 3 nitrogen and oxygen atoms in total. The van der Waals surface area contributed by atoms with Gasteiger partial charge in [0.1, 0.15) is 11.5 Å². The molecule has 1 aromatic heterocycles. The number of hydrogen-bond acceptors (Lipinski definition) is 3. The van der Waals surface area contributed by atoms with Gasteiger partial charge < -0.3 is 9.47 Å². The molecule has 3 heteroatoms. The first-order valence-electron chi connectivity index (χ1n) is 4.26. The van der Waals surface area contributed by atoms with E-state index in [1.807, 2.05) is 6.92 Å². The van der Waals surface area contributed by atoms with Crippen LogP contribution < -0.4 is 9.47 Å². The quantitative estimate of drug-likeness (QED) is 0.683. The molecule has 0 N–H and O–H groups in total. The van der Waals surface area contributed by atoms with Crippen LogP contribution in [0.5, 0.6) is 11.5 Å². The zero-order chi connectivity index (χ0) is 10.6. The van der Waals surface area contributed by atoms with Gasteiger partial charge in [-0.25, -0.2) is 0 Å². The summed E-state index contributed by atoms with van der Waals surface area (Å²) in [5, 5.41) is 0. The van der Waals surface area contributed by atoms with Gasteiger partial charge in [0.15, 0.2) is 0 Å². The number of methoxy groups -OCH3 is 2. The van der Waals surface area contributed by atoms with Crippen LogP contribution in [0.15, 0.2) is 12.4 Å². The molecule has 14 heavy (non-hydrogen) atoms. The van der Waals surface area contributed by atoms with Gasteiger partial charge in [0, 0.05) is 5.92 Å². The lowest BCUT2D eigenvalue weighted by molar-refractivity contribution is 0.381. The molecule has 0 amide bonds. The molecule has 1 aromatic rings. The number of terminal acetylenes is 1. The fourth-order valence-corrected chi connectivity index (χ4v) is 1.27. The van der Waals surface area contributed by atoms with Crippen molar-refractivity contribution in [3.8, 4) is 23.8 Å². The Morgan fingerprint density at radius 3 is 2.14 bits per heavy atom. The van der Waals surface area contributed by atoms with Gasteiger partial charge >= 0.3 is 0 Å². The smallest absolute Gasteiger partial charge is 0.145 e. The highest BCUT2D eigenvalue weighted by Gasteiger charge is 2.15. The minimum atomic E-state index is -0.0529. The molecule has 0 saturated heterocycles. The first-order valence-corrected chi connectivity index (χ1v) is 4.26. The van der Waals surface area contributed by atoms with E-state index in [9.17, 15) is 0 Å². The third kappa shape index (κ3) is 1.80. The SMILES string of the molecule is C#CC(C)c1c(OC)cncc1OC. The van der Waals surface area contributed by atoms with Crippen molar-refractivity contribution in [1.82, 2.24) is 4.98 Å².